The standard InChI is InChI=1S/C12H21NO3/c14-10-7-13(8-11(10)15)9-2-5-16-12(6-9)3-1-4-12/h9-11,14-15H,1-8H2. The average Bonchev–Trinajstić information content (AvgIpc) is 2.57. The maximum Gasteiger partial charge on any atom is 0.0938 e. The first kappa shape index (κ1) is 11.0. The van der Waals surface area contributed by atoms with E-state index in [4.69, 9.17) is 4.74 Å². The molecule has 0 aromatic carbocycles. The molecule has 3 atom stereocenters. The largest absolute Gasteiger partial charge is 0.389 e. The summed E-state index contributed by atoms with van der Waals surface area (Å²) in [5.74, 6) is 0. The lowest BCUT2D eigenvalue weighted by Gasteiger charge is -2.49. The van der Waals surface area contributed by atoms with E-state index in [0.717, 1.165) is 19.4 Å². The number of rotatable bonds is 1. The van der Waals surface area contributed by atoms with Crippen molar-refractivity contribution in [2.45, 2.75) is 56.0 Å². The number of β-amino-alcohol motifs (C(OH)–C–C–N with tert-alkyl or cyclic N) is 2. The minimum Gasteiger partial charge on any atom is -0.389 e. The van der Waals surface area contributed by atoms with E-state index < -0.39 is 12.2 Å². The minimum atomic E-state index is -0.555. The van der Waals surface area contributed by atoms with E-state index in [-0.39, 0.29) is 5.60 Å². The fourth-order valence-corrected chi connectivity index (χ4v) is 3.33. The fourth-order valence-electron chi connectivity index (χ4n) is 3.33. The second-order valence-electron chi connectivity index (χ2n) is 5.62. The molecule has 0 aromatic heterocycles. The van der Waals surface area contributed by atoms with Crippen LogP contribution >= 0.6 is 0 Å². The molecule has 4 nitrogen and oxygen atoms in total. The van der Waals surface area contributed by atoms with Crippen LogP contribution in [0.25, 0.3) is 0 Å². The van der Waals surface area contributed by atoms with Crippen LogP contribution in [0.4, 0.5) is 0 Å². The van der Waals surface area contributed by atoms with Crippen molar-refractivity contribution in [3.05, 3.63) is 0 Å². The Kier molecular flexibility index (Phi) is 2.70. The summed E-state index contributed by atoms with van der Waals surface area (Å²) in [6, 6.07) is 0.501. The first-order valence-electron chi connectivity index (χ1n) is 6.43. The van der Waals surface area contributed by atoms with Crippen molar-refractivity contribution in [2.24, 2.45) is 0 Å². The van der Waals surface area contributed by atoms with Crippen molar-refractivity contribution in [2.75, 3.05) is 19.7 Å². The fraction of sp³-hybridized carbons (Fsp3) is 1.00. The molecule has 3 rings (SSSR count). The third-order valence-corrected chi connectivity index (χ3v) is 4.54. The molecule has 0 radical (unpaired) electrons. The molecule has 2 saturated heterocycles. The van der Waals surface area contributed by atoms with Crippen molar-refractivity contribution in [3.8, 4) is 0 Å². The van der Waals surface area contributed by atoms with Gasteiger partial charge in [0.1, 0.15) is 0 Å². The zero-order valence-electron chi connectivity index (χ0n) is 9.64. The Morgan fingerprint density at radius 1 is 1.12 bits per heavy atom. The van der Waals surface area contributed by atoms with Gasteiger partial charge in [-0.3, -0.25) is 4.90 Å². The Hall–Kier alpha value is -0.160. The first-order valence-corrected chi connectivity index (χ1v) is 6.43. The summed E-state index contributed by atoms with van der Waals surface area (Å²) in [6.07, 6.45) is 4.71. The highest BCUT2D eigenvalue weighted by atomic mass is 16.5. The van der Waals surface area contributed by atoms with Gasteiger partial charge in [0, 0.05) is 25.7 Å². The third-order valence-electron chi connectivity index (χ3n) is 4.54. The van der Waals surface area contributed by atoms with E-state index in [1.165, 1.54) is 19.3 Å². The maximum absolute atomic E-state index is 9.58. The van der Waals surface area contributed by atoms with E-state index in [2.05, 4.69) is 4.90 Å². The van der Waals surface area contributed by atoms with Crippen LogP contribution in [0.1, 0.15) is 32.1 Å². The van der Waals surface area contributed by atoms with E-state index in [0.29, 0.717) is 19.1 Å². The van der Waals surface area contributed by atoms with Gasteiger partial charge in [0.05, 0.1) is 17.8 Å². The molecule has 3 unspecified atom stereocenters. The number of aliphatic hydroxyl groups excluding tert-OH is 2. The lowest BCUT2D eigenvalue weighted by molar-refractivity contribution is -0.147. The highest BCUT2D eigenvalue weighted by Crippen LogP contribution is 2.43. The van der Waals surface area contributed by atoms with Gasteiger partial charge in [-0.2, -0.15) is 0 Å². The predicted octanol–water partition coefficient (Wildman–Crippen LogP) is 0.126. The molecule has 1 aliphatic carbocycles. The summed E-state index contributed by atoms with van der Waals surface area (Å²) in [7, 11) is 0. The number of hydrogen-bond donors (Lipinski definition) is 2. The van der Waals surface area contributed by atoms with Crippen molar-refractivity contribution in [3.63, 3.8) is 0 Å². The molecule has 92 valence electrons. The molecule has 0 bridgehead atoms. The summed E-state index contributed by atoms with van der Waals surface area (Å²) < 4.78 is 5.89. The Balaban J connectivity index is 1.62. The van der Waals surface area contributed by atoms with Crippen molar-refractivity contribution in [1.29, 1.82) is 0 Å². The normalized spacial score (nSPS) is 43.5. The Morgan fingerprint density at radius 3 is 2.38 bits per heavy atom. The van der Waals surface area contributed by atoms with Gasteiger partial charge in [-0.15, -0.1) is 0 Å². The molecule has 1 saturated carbocycles. The van der Waals surface area contributed by atoms with Gasteiger partial charge in [-0.05, 0) is 32.1 Å². The molecule has 4 heteroatoms. The summed E-state index contributed by atoms with van der Waals surface area (Å²) in [6.45, 7) is 2.09. The zero-order valence-corrected chi connectivity index (χ0v) is 9.64. The van der Waals surface area contributed by atoms with Crippen molar-refractivity contribution < 1.29 is 14.9 Å². The smallest absolute Gasteiger partial charge is 0.0938 e. The summed E-state index contributed by atoms with van der Waals surface area (Å²) in [5, 5.41) is 19.2. The molecule has 3 aliphatic rings. The van der Waals surface area contributed by atoms with Crippen LogP contribution in [0, 0.1) is 0 Å². The Morgan fingerprint density at radius 2 is 1.81 bits per heavy atom. The van der Waals surface area contributed by atoms with Crippen LogP contribution in [0.15, 0.2) is 0 Å². The van der Waals surface area contributed by atoms with E-state index >= 15 is 0 Å². The summed E-state index contributed by atoms with van der Waals surface area (Å²) in [4.78, 5) is 2.25. The first-order chi connectivity index (χ1) is 7.69. The zero-order chi connectivity index (χ0) is 11.2. The molecule has 2 aliphatic heterocycles. The van der Waals surface area contributed by atoms with Gasteiger partial charge < -0.3 is 14.9 Å². The Bertz CT molecular complexity index is 257. The van der Waals surface area contributed by atoms with E-state index in [9.17, 15) is 10.2 Å². The highest BCUT2D eigenvalue weighted by Gasteiger charge is 2.45. The Labute approximate surface area is 96.2 Å². The minimum absolute atomic E-state index is 0.154. The average molecular weight is 227 g/mol. The molecule has 3 fully saturated rings. The molecule has 0 amide bonds. The van der Waals surface area contributed by atoms with Crippen LogP contribution in [0.5, 0.6) is 0 Å². The molecule has 2 heterocycles. The molecule has 16 heavy (non-hydrogen) atoms. The van der Waals surface area contributed by atoms with Crippen molar-refractivity contribution in [1.82, 2.24) is 4.90 Å². The molecule has 1 spiro atoms. The van der Waals surface area contributed by atoms with E-state index in [1.807, 2.05) is 0 Å². The van der Waals surface area contributed by atoms with Crippen LogP contribution in [0.2, 0.25) is 0 Å². The highest BCUT2D eigenvalue weighted by molar-refractivity contribution is 4.98. The molecular weight excluding hydrogens is 206 g/mol. The molecule has 0 aromatic rings. The topological polar surface area (TPSA) is 52.9 Å². The molecule has 2 N–H and O–H groups in total. The van der Waals surface area contributed by atoms with Crippen LogP contribution in [-0.2, 0) is 4.74 Å². The van der Waals surface area contributed by atoms with Gasteiger partial charge in [-0.1, -0.05) is 0 Å². The van der Waals surface area contributed by atoms with Crippen LogP contribution in [-0.4, -0.2) is 58.7 Å². The van der Waals surface area contributed by atoms with Crippen molar-refractivity contribution >= 4 is 0 Å². The van der Waals surface area contributed by atoms with Gasteiger partial charge in [-0.25, -0.2) is 0 Å². The lowest BCUT2D eigenvalue weighted by atomic mass is 9.73. The number of likely N-dealkylation sites (tertiary alicyclic amines) is 1. The number of hydrogen-bond acceptors (Lipinski definition) is 4. The number of ether oxygens (including phenoxy) is 1. The number of aliphatic hydroxyl groups is 2. The third kappa shape index (κ3) is 1.78. The lowest BCUT2D eigenvalue weighted by Crippen LogP contribution is -2.51. The summed E-state index contributed by atoms with van der Waals surface area (Å²) >= 11 is 0. The quantitative estimate of drug-likeness (QED) is 0.668. The summed E-state index contributed by atoms with van der Waals surface area (Å²) in [5.41, 5.74) is 0.154. The monoisotopic (exact) mass is 227 g/mol. The second kappa shape index (κ2) is 3.95. The predicted molar refractivity (Wildman–Crippen MR) is 59.1 cm³/mol. The maximum atomic E-state index is 9.58. The van der Waals surface area contributed by atoms with Gasteiger partial charge in [0.2, 0.25) is 0 Å². The van der Waals surface area contributed by atoms with Gasteiger partial charge in [0.15, 0.2) is 0 Å². The van der Waals surface area contributed by atoms with Crippen LogP contribution < -0.4 is 0 Å². The van der Waals surface area contributed by atoms with Gasteiger partial charge >= 0.3 is 0 Å². The SMILES string of the molecule is OC1CN(C2CCOC3(CCC3)C2)CC1O. The second-order valence-corrected chi connectivity index (χ2v) is 5.62. The number of nitrogens with zero attached hydrogens (tertiary/aromatic N) is 1. The van der Waals surface area contributed by atoms with Crippen LogP contribution in [0.3, 0.4) is 0 Å². The van der Waals surface area contributed by atoms with Gasteiger partial charge in [0.25, 0.3) is 0 Å². The van der Waals surface area contributed by atoms with E-state index in [1.54, 1.807) is 0 Å². The molecular formula is C12H21NO3.